The molecule has 64 heavy (non-hydrogen) atoms. The average molecular weight is 838 g/mol. The van der Waals surface area contributed by atoms with E-state index in [-0.39, 0.29) is 6.04 Å². The number of hydrogen-bond donors (Lipinski definition) is 0. The van der Waals surface area contributed by atoms with Crippen molar-refractivity contribution in [1.82, 2.24) is 4.57 Å². The van der Waals surface area contributed by atoms with Gasteiger partial charge in [0, 0.05) is 55.9 Å². The molecule has 3 nitrogen and oxygen atoms in total. The van der Waals surface area contributed by atoms with Crippen molar-refractivity contribution >= 4 is 84.8 Å². The third-order valence-electron chi connectivity index (χ3n) is 12.8. The van der Waals surface area contributed by atoms with E-state index in [9.17, 15) is 0 Å². The molecule has 1 atom stereocenters. The molecule has 1 unspecified atom stereocenters. The smallest absolute Gasteiger partial charge is 0.179 e. The molecule has 9 aromatic carbocycles. The number of hydrogen-bond acceptors (Lipinski definition) is 2. The van der Waals surface area contributed by atoms with Crippen LogP contribution in [0.3, 0.4) is 0 Å². The Morgan fingerprint density at radius 1 is 0.344 bits per heavy atom. The molecule has 0 saturated carbocycles. The highest BCUT2D eigenvalue weighted by atomic mass is 28.3. The third kappa shape index (κ3) is 6.95. The number of fused-ring (bicyclic) bond motifs is 3. The van der Waals surface area contributed by atoms with Gasteiger partial charge < -0.3 is 14.4 Å². The molecule has 0 saturated heterocycles. The Hall–Kier alpha value is -7.92. The van der Waals surface area contributed by atoms with Crippen molar-refractivity contribution in [2.45, 2.75) is 12.5 Å². The minimum atomic E-state index is -3.02. The number of anilines is 6. The lowest BCUT2D eigenvalue weighted by molar-refractivity contribution is 0.648. The molecule has 1 aliphatic rings. The van der Waals surface area contributed by atoms with Crippen LogP contribution in [0, 0.1) is 0 Å². The van der Waals surface area contributed by atoms with Crippen LogP contribution in [0.5, 0.6) is 0 Å². The van der Waals surface area contributed by atoms with Crippen molar-refractivity contribution in [3.05, 3.63) is 267 Å². The largest absolute Gasteiger partial charge is 0.333 e. The van der Waals surface area contributed by atoms with Crippen molar-refractivity contribution < 1.29 is 0 Å². The van der Waals surface area contributed by atoms with E-state index < -0.39 is 8.07 Å². The van der Waals surface area contributed by atoms with Crippen LogP contribution in [0.2, 0.25) is 0 Å². The number of benzene rings is 9. The minimum absolute atomic E-state index is 0.264. The summed E-state index contributed by atoms with van der Waals surface area (Å²) in [7, 11) is -3.02. The lowest BCUT2D eigenvalue weighted by Gasteiger charge is -2.36. The fourth-order valence-electron chi connectivity index (χ4n) is 10.0. The molecule has 0 radical (unpaired) electrons. The van der Waals surface area contributed by atoms with E-state index in [1.807, 2.05) is 0 Å². The van der Waals surface area contributed by atoms with E-state index in [2.05, 4.69) is 281 Å². The quantitative estimate of drug-likeness (QED) is 0.0950. The van der Waals surface area contributed by atoms with Gasteiger partial charge in [-0.1, -0.05) is 182 Å². The Morgan fingerprint density at radius 2 is 0.766 bits per heavy atom. The highest BCUT2D eigenvalue weighted by molar-refractivity contribution is 7.20. The normalized spacial score (nSPS) is 13.6. The van der Waals surface area contributed by atoms with Crippen LogP contribution in [-0.2, 0) is 0 Å². The van der Waals surface area contributed by atoms with Crippen LogP contribution in [-0.4, -0.2) is 12.6 Å². The van der Waals surface area contributed by atoms with Crippen molar-refractivity contribution in [3.63, 3.8) is 0 Å². The monoisotopic (exact) mass is 837 g/mol. The van der Waals surface area contributed by atoms with Crippen molar-refractivity contribution in [2.75, 3.05) is 9.80 Å². The summed E-state index contributed by atoms with van der Waals surface area (Å²) in [6.45, 7) is 0. The molecule has 0 spiro atoms. The van der Waals surface area contributed by atoms with Crippen LogP contribution in [0.1, 0.15) is 12.5 Å². The molecule has 1 heterocycles. The first-order valence-corrected chi connectivity index (χ1v) is 24.2. The van der Waals surface area contributed by atoms with E-state index in [0.717, 1.165) is 40.5 Å². The summed E-state index contributed by atoms with van der Waals surface area (Å²) < 4.78 is 2.52. The predicted molar refractivity (Wildman–Crippen MR) is 274 cm³/mol. The summed E-state index contributed by atoms with van der Waals surface area (Å²) in [4.78, 5) is 4.82. The second-order valence-electron chi connectivity index (χ2n) is 16.5. The van der Waals surface area contributed by atoms with Crippen LogP contribution in [0.25, 0.3) is 21.8 Å². The Labute approximate surface area is 376 Å². The fraction of sp³-hybridized carbons (Fsp3) is 0.0333. The van der Waals surface area contributed by atoms with Gasteiger partial charge >= 0.3 is 0 Å². The van der Waals surface area contributed by atoms with Crippen molar-refractivity contribution in [3.8, 4) is 0 Å². The predicted octanol–water partition coefficient (Wildman–Crippen LogP) is 13.2. The topological polar surface area (TPSA) is 11.4 Å². The summed E-state index contributed by atoms with van der Waals surface area (Å²) in [5.41, 5.74) is 9.20. The Bertz CT molecular complexity index is 3170. The Kier molecular flexibility index (Phi) is 10.4. The Balaban J connectivity index is 1.13. The van der Waals surface area contributed by atoms with E-state index in [0.29, 0.717) is 0 Å². The molecule has 11 rings (SSSR count). The van der Waals surface area contributed by atoms with E-state index in [1.165, 1.54) is 42.6 Å². The zero-order chi connectivity index (χ0) is 42.7. The lowest BCUT2D eigenvalue weighted by atomic mass is 10.1. The number of allylic oxidation sites excluding steroid dienone is 4. The lowest BCUT2D eigenvalue weighted by Crippen LogP contribution is -2.74. The van der Waals surface area contributed by atoms with Gasteiger partial charge in [-0.3, -0.25) is 0 Å². The standard InChI is InChI=1S/C60H47N3Si/c1-7-23-46(24-8-1)61(47-25-9-2-10-26-47)50-31-21-37-55(43-50)64(53-33-15-5-16-34-53,54-35-17-6-18-36-54)56-38-22-32-51(44-56)62(48-27-11-3-12-28-48)52-41-42-60-58(45-52)57-39-19-20-40-59(57)63(60)49-29-13-4-14-30-49/h1-29,31-45,49H,30H2. The van der Waals surface area contributed by atoms with E-state index >= 15 is 0 Å². The number of para-hydroxylation sites is 4. The summed E-state index contributed by atoms with van der Waals surface area (Å²) >= 11 is 0. The van der Waals surface area contributed by atoms with Crippen LogP contribution >= 0.6 is 0 Å². The SMILES string of the molecule is C1=CCC(n2c3ccccc3c3cc(N(c4ccccc4)c4cccc([Si](c5ccccc5)(c5ccccc5)c5cccc(N(c6ccccc6)c6ccccc6)c5)c4)ccc32)C=C1. The highest BCUT2D eigenvalue weighted by Crippen LogP contribution is 2.41. The first-order chi connectivity index (χ1) is 31.8. The van der Waals surface area contributed by atoms with Gasteiger partial charge in [0.05, 0.1) is 6.04 Å². The second kappa shape index (κ2) is 17.1. The molecule has 0 bridgehead atoms. The van der Waals surface area contributed by atoms with Crippen LogP contribution < -0.4 is 30.5 Å². The van der Waals surface area contributed by atoms with Gasteiger partial charge in [-0.15, -0.1) is 0 Å². The van der Waals surface area contributed by atoms with Gasteiger partial charge in [0.15, 0.2) is 8.07 Å². The summed E-state index contributed by atoms with van der Waals surface area (Å²) in [6.07, 6.45) is 9.91. The zero-order valence-electron chi connectivity index (χ0n) is 35.5. The summed E-state index contributed by atoms with van der Waals surface area (Å²) in [5, 5.41) is 7.79. The van der Waals surface area contributed by atoms with Crippen LogP contribution in [0.4, 0.5) is 34.1 Å². The molecule has 1 aliphatic carbocycles. The van der Waals surface area contributed by atoms with Gasteiger partial charge in [0.1, 0.15) is 0 Å². The number of aromatic nitrogens is 1. The van der Waals surface area contributed by atoms with E-state index in [1.54, 1.807) is 0 Å². The van der Waals surface area contributed by atoms with Gasteiger partial charge in [0.25, 0.3) is 0 Å². The highest BCUT2D eigenvalue weighted by Gasteiger charge is 2.42. The van der Waals surface area contributed by atoms with E-state index in [4.69, 9.17) is 0 Å². The van der Waals surface area contributed by atoms with Crippen molar-refractivity contribution in [2.24, 2.45) is 0 Å². The molecule has 4 heteroatoms. The average Bonchev–Trinajstić information content (AvgIpc) is 3.70. The summed E-state index contributed by atoms with van der Waals surface area (Å²) in [5.74, 6) is 0. The maximum atomic E-state index is 2.52. The maximum absolute atomic E-state index is 3.02. The molecule has 0 N–H and O–H groups in total. The van der Waals surface area contributed by atoms with Crippen molar-refractivity contribution in [1.29, 1.82) is 0 Å². The molecule has 0 aliphatic heterocycles. The molecule has 0 fully saturated rings. The van der Waals surface area contributed by atoms with Gasteiger partial charge in [-0.25, -0.2) is 0 Å². The number of nitrogens with zero attached hydrogens (tertiary/aromatic N) is 3. The summed E-state index contributed by atoms with van der Waals surface area (Å²) in [6, 6.07) is 89.6. The number of rotatable bonds is 11. The second-order valence-corrected chi connectivity index (χ2v) is 20.3. The molecule has 1 aromatic heterocycles. The molecule has 306 valence electrons. The third-order valence-corrected chi connectivity index (χ3v) is 17.5. The zero-order valence-corrected chi connectivity index (χ0v) is 36.5. The Morgan fingerprint density at radius 3 is 1.28 bits per heavy atom. The first-order valence-electron chi connectivity index (χ1n) is 22.2. The van der Waals surface area contributed by atoms with Gasteiger partial charge in [-0.2, -0.15) is 0 Å². The molecule has 0 amide bonds. The van der Waals surface area contributed by atoms with Crippen LogP contribution in [0.15, 0.2) is 267 Å². The molecular weight excluding hydrogens is 791 g/mol. The van der Waals surface area contributed by atoms with Gasteiger partial charge in [-0.05, 0) is 112 Å². The molecule has 10 aromatic rings. The molecular formula is C60H47N3Si. The fourth-order valence-corrected chi connectivity index (χ4v) is 14.8. The van der Waals surface area contributed by atoms with Gasteiger partial charge in [0.2, 0.25) is 0 Å². The first kappa shape index (κ1) is 39.0. The maximum Gasteiger partial charge on any atom is 0.179 e. The minimum Gasteiger partial charge on any atom is -0.333 e.